The van der Waals surface area contributed by atoms with Gasteiger partial charge in [0.25, 0.3) is 15.9 Å². The highest BCUT2D eigenvalue weighted by Crippen LogP contribution is 2.29. The van der Waals surface area contributed by atoms with Crippen molar-refractivity contribution in [3.05, 3.63) is 38.9 Å². The third kappa shape index (κ3) is 5.19. The first-order chi connectivity index (χ1) is 14.9. The second-order valence-corrected chi connectivity index (χ2v) is 12.3. The van der Waals surface area contributed by atoms with E-state index >= 15 is 0 Å². The average molecular weight is 482 g/mol. The highest BCUT2D eigenvalue weighted by Gasteiger charge is 2.34. The minimum atomic E-state index is -3.58. The molecule has 0 aromatic carbocycles. The maximum Gasteiger partial charge on any atom is 0.279 e. The van der Waals surface area contributed by atoms with Gasteiger partial charge in [0.1, 0.15) is 4.21 Å². The molecule has 3 heterocycles. The fourth-order valence-electron chi connectivity index (χ4n) is 4.15. The molecule has 10 heteroatoms. The van der Waals surface area contributed by atoms with Crippen molar-refractivity contribution in [3.63, 3.8) is 0 Å². The van der Waals surface area contributed by atoms with Gasteiger partial charge in [-0.15, -0.1) is 22.7 Å². The summed E-state index contributed by atoms with van der Waals surface area (Å²) < 4.78 is 27.2. The smallest absolute Gasteiger partial charge is 0.273 e. The number of amides is 2. The Bertz CT molecular complexity index is 1000. The first kappa shape index (κ1) is 22.4. The summed E-state index contributed by atoms with van der Waals surface area (Å²) >= 11 is 2.68. The lowest BCUT2D eigenvalue weighted by molar-refractivity contribution is -0.126. The molecule has 1 unspecified atom stereocenters. The number of aryl methyl sites for hydroxylation is 2. The van der Waals surface area contributed by atoms with Gasteiger partial charge < -0.3 is 0 Å². The molecule has 2 aliphatic rings. The van der Waals surface area contributed by atoms with Crippen molar-refractivity contribution < 1.29 is 18.0 Å². The molecule has 2 aromatic rings. The van der Waals surface area contributed by atoms with Crippen LogP contribution in [0.3, 0.4) is 0 Å². The van der Waals surface area contributed by atoms with E-state index in [1.54, 1.807) is 17.5 Å². The Balaban J connectivity index is 1.34. The number of carbonyl (C=O) groups is 2. The molecule has 0 saturated carbocycles. The first-order valence-corrected chi connectivity index (χ1v) is 13.8. The van der Waals surface area contributed by atoms with E-state index in [4.69, 9.17) is 0 Å². The van der Waals surface area contributed by atoms with Crippen LogP contribution in [-0.2, 0) is 27.7 Å². The van der Waals surface area contributed by atoms with Crippen LogP contribution < -0.4 is 10.9 Å². The van der Waals surface area contributed by atoms with Gasteiger partial charge in [-0.3, -0.25) is 20.4 Å². The van der Waals surface area contributed by atoms with E-state index in [9.17, 15) is 18.0 Å². The summed E-state index contributed by atoms with van der Waals surface area (Å²) in [4.78, 5) is 27.1. The predicted octanol–water partition coefficient (Wildman–Crippen LogP) is 3.33. The van der Waals surface area contributed by atoms with Crippen LogP contribution in [0, 0.1) is 5.92 Å². The van der Waals surface area contributed by atoms with Crippen LogP contribution in [0.5, 0.6) is 0 Å². The van der Waals surface area contributed by atoms with Crippen LogP contribution in [-0.4, -0.2) is 37.6 Å². The van der Waals surface area contributed by atoms with E-state index < -0.39 is 15.9 Å². The van der Waals surface area contributed by atoms with Crippen molar-refractivity contribution in [2.45, 2.75) is 55.6 Å². The van der Waals surface area contributed by atoms with Crippen LogP contribution in [0.1, 0.15) is 58.6 Å². The third-order valence-corrected chi connectivity index (χ3v) is 10.3. The summed E-state index contributed by atoms with van der Waals surface area (Å²) in [7, 11) is -3.58. The Morgan fingerprint density at radius 2 is 1.87 bits per heavy atom. The normalized spacial score (nSPS) is 20.3. The molecule has 2 aromatic heterocycles. The minimum Gasteiger partial charge on any atom is -0.273 e. The summed E-state index contributed by atoms with van der Waals surface area (Å²) in [6.45, 7) is 0.520. The van der Waals surface area contributed by atoms with Crippen LogP contribution >= 0.6 is 22.7 Å². The number of carbonyl (C=O) groups excluding carboxylic acids is 2. The number of hydrogen-bond donors (Lipinski definition) is 2. The monoisotopic (exact) mass is 481 g/mol. The lowest BCUT2D eigenvalue weighted by Crippen LogP contribution is -2.49. The number of nitrogens with zero attached hydrogens (tertiary/aromatic N) is 1. The molecule has 0 bridgehead atoms. The van der Waals surface area contributed by atoms with Crippen LogP contribution in [0.2, 0.25) is 0 Å². The Morgan fingerprint density at radius 3 is 2.65 bits per heavy atom. The summed E-state index contributed by atoms with van der Waals surface area (Å²) in [6, 6.07) is 5.23. The SMILES string of the molecule is O=C(NNC(=O)C1CCCN(S(=O)(=O)c2cccs2)C1)c1cc2c(s1)CCCCCC2. The number of piperidine rings is 1. The molecule has 4 rings (SSSR count). The van der Waals surface area contributed by atoms with E-state index in [1.807, 2.05) is 6.07 Å². The number of thiophene rings is 2. The number of fused-ring (bicyclic) bond motifs is 1. The van der Waals surface area contributed by atoms with Gasteiger partial charge in [0, 0.05) is 18.0 Å². The zero-order valence-electron chi connectivity index (χ0n) is 17.3. The molecular weight excluding hydrogens is 454 g/mol. The summed E-state index contributed by atoms with van der Waals surface area (Å²) in [5, 5.41) is 1.72. The lowest BCUT2D eigenvalue weighted by Gasteiger charge is -2.30. The Hall–Kier alpha value is -1.75. The third-order valence-electron chi connectivity index (χ3n) is 5.86. The largest absolute Gasteiger partial charge is 0.279 e. The minimum absolute atomic E-state index is 0.120. The van der Waals surface area contributed by atoms with Gasteiger partial charge in [0.2, 0.25) is 5.91 Å². The molecular formula is C21H27N3O4S3. The lowest BCUT2D eigenvalue weighted by atomic mass is 9.99. The van der Waals surface area contributed by atoms with Gasteiger partial charge in [0.15, 0.2) is 0 Å². The first-order valence-electron chi connectivity index (χ1n) is 10.7. The van der Waals surface area contributed by atoms with Crippen molar-refractivity contribution in [1.29, 1.82) is 0 Å². The molecule has 1 fully saturated rings. The molecule has 1 atom stereocenters. The zero-order chi connectivity index (χ0) is 21.8. The molecule has 7 nitrogen and oxygen atoms in total. The summed E-state index contributed by atoms with van der Waals surface area (Å²) in [5.74, 6) is -1.16. The number of sulfonamides is 1. The Kier molecular flexibility index (Phi) is 7.10. The maximum absolute atomic E-state index is 12.7. The van der Waals surface area contributed by atoms with Crippen LogP contribution in [0.15, 0.2) is 27.8 Å². The summed E-state index contributed by atoms with van der Waals surface area (Å²) in [6.07, 6.45) is 7.97. The Morgan fingerprint density at radius 1 is 1.06 bits per heavy atom. The number of hydrazine groups is 1. The van der Waals surface area contributed by atoms with E-state index in [0.717, 1.165) is 25.7 Å². The van der Waals surface area contributed by atoms with Crippen LogP contribution in [0.25, 0.3) is 0 Å². The average Bonchev–Trinajstić information content (AvgIpc) is 3.43. The fourth-order valence-corrected chi connectivity index (χ4v) is 7.97. The van der Waals surface area contributed by atoms with Gasteiger partial charge in [-0.1, -0.05) is 18.9 Å². The molecule has 2 N–H and O–H groups in total. The summed E-state index contributed by atoms with van der Waals surface area (Å²) in [5.41, 5.74) is 6.29. The molecule has 1 aliphatic carbocycles. The Labute approximate surface area is 190 Å². The van der Waals surface area contributed by atoms with Crippen molar-refractivity contribution >= 4 is 44.5 Å². The second-order valence-electron chi connectivity index (χ2n) is 8.05. The topological polar surface area (TPSA) is 95.6 Å². The highest BCUT2D eigenvalue weighted by molar-refractivity contribution is 7.91. The quantitative estimate of drug-likeness (QED) is 0.655. The van der Waals surface area contributed by atoms with Gasteiger partial charge in [-0.2, -0.15) is 4.31 Å². The van der Waals surface area contributed by atoms with E-state index in [-0.39, 0.29) is 22.6 Å². The highest BCUT2D eigenvalue weighted by atomic mass is 32.2. The molecule has 1 saturated heterocycles. The molecule has 31 heavy (non-hydrogen) atoms. The van der Waals surface area contributed by atoms with E-state index in [0.29, 0.717) is 24.3 Å². The van der Waals surface area contributed by atoms with Gasteiger partial charge >= 0.3 is 0 Å². The molecule has 0 radical (unpaired) electrons. The number of nitrogens with one attached hydrogen (secondary N) is 2. The van der Waals surface area contributed by atoms with Crippen molar-refractivity contribution in [1.82, 2.24) is 15.2 Å². The van der Waals surface area contributed by atoms with E-state index in [2.05, 4.69) is 10.9 Å². The van der Waals surface area contributed by atoms with Crippen LogP contribution in [0.4, 0.5) is 0 Å². The van der Waals surface area contributed by atoms with E-state index in [1.165, 1.54) is 50.3 Å². The molecule has 1 aliphatic heterocycles. The number of rotatable bonds is 4. The number of hydrogen-bond acceptors (Lipinski definition) is 6. The van der Waals surface area contributed by atoms with Gasteiger partial charge in [-0.25, -0.2) is 8.42 Å². The van der Waals surface area contributed by atoms with Gasteiger partial charge in [-0.05, 0) is 61.6 Å². The molecule has 168 valence electrons. The standard InChI is InChI=1S/C21H27N3O4S3/c25-20(16-8-5-11-24(14-16)31(27,28)19-10-6-12-29-19)22-23-21(26)18-13-15-7-3-1-2-4-9-17(15)30-18/h6,10,12-13,16H,1-5,7-9,11,14H2,(H,22,25)(H,23,26). The van der Waals surface area contributed by atoms with Crippen molar-refractivity contribution in [2.24, 2.45) is 5.92 Å². The molecule has 2 amide bonds. The predicted molar refractivity (Wildman–Crippen MR) is 122 cm³/mol. The van der Waals surface area contributed by atoms with Gasteiger partial charge in [0.05, 0.1) is 10.8 Å². The second kappa shape index (κ2) is 9.81. The molecule has 0 spiro atoms. The van der Waals surface area contributed by atoms with Crippen molar-refractivity contribution in [3.8, 4) is 0 Å². The zero-order valence-corrected chi connectivity index (χ0v) is 19.7. The maximum atomic E-state index is 12.7. The van der Waals surface area contributed by atoms with Crippen molar-refractivity contribution in [2.75, 3.05) is 13.1 Å². The fraction of sp³-hybridized carbons (Fsp3) is 0.524.